The van der Waals surface area contributed by atoms with E-state index in [4.69, 9.17) is 48.3 Å². The predicted molar refractivity (Wildman–Crippen MR) is 48.6 cm³/mol. The highest BCUT2D eigenvalue weighted by molar-refractivity contribution is 8.06. The molecule has 0 rings (SSSR count). The van der Waals surface area contributed by atoms with Crippen molar-refractivity contribution in [3.63, 3.8) is 0 Å². The number of hydrogen-bond acceptors (Lipinski definition) is 3. The highest BCUT2D eigenvalue weighted by Gasteiger charge is 2.00. The zero-order valence-electron chi connectivity index (χ0n) is 6.20. The van der Waals surface area contributed by atoms with Crippen LogP contribution in [0.2, 0.25) is 0 Å². The monoisotopic (exact) mass is 294 g/mol. The average Bonchev–Trinajstić information content (AvgIpc) is 1.45. The summed E-state index contributed by atoms with van der Waals surface area (Å²) in [5, 5.41) is 0. The first-order valence-electron chi connectivity index (χ1n) is 2.22. The van der Waals surface area contributed by atoms with E-state index in [1.807, 2.05) is 0 Å². The topological polar surface area (TPSA) is 196 Å². The molecule has 14 heteroatoms. The van der Waals surface area contributed by atoms with Crippen LogP contribution >= 0.6 is 22.8 Å². The first-order chi connectivity index (χ1) is 5.73. The Hall–Kier alpha value is 0.790. The first kappa shape index (κ1) is 20.2. The minimum atomic E-state index is -4.64. The van der Waals surface area contributed by atoms with Gasteiger partial charge in [0.15, 0.2) is 0 Å². The van der Waals surface area contributed by atoms with Crippen LogP contribution in [0.3, 0.4) is 0 Å². The van der Waals surface area contributed by atoms with Crippen LogP contribution in [0.5, 0.6) is 0 Å². The zero-order chi connectivity index (χ0) is 12.6. The van der Waals surface area contributed by atoms with Crippen LogP contribution in [-0.2, 0) is 20.9 Å². The Balaban J connectivity index is -0.000000131. The molecule has 0 aliphatic heterocycles. The molecule has 0 aromatic rings. The lowest BCUT2D eigenvalue weighted by Gasteiger charge is -1.88. The van der Waals surface area contributed by atoms with Gasteiger partial charge >= 0.3 is 22.8 Å². The van der Waals surface area contributed by atoms with Crippen molar-refractivity contribution in [1.82, 2.24) is 0 Å². The fraction of sp³-hybridized carbons (Fsp3) is 0. The Bertz CT molecular complexity index is 191. The summed E-state index contributed by atoms with van der Waals surface area (Å²) in [6.45, 7) is -3.81. The predicted octanol–water partition coefficient (Wildman–Crippen LogP) is -2.38. The van der Waals surface area contributed by atoms with Gasteiger partial charge in [0.05, 0.1) is 0 Å². The zero-order valence-corrected chi connectivity index (χ0v) is 9.80. The molecule has 90 valence electrons. The molecule has 0 aromatic carbocycles. The third kappa shape index (κ3) is 2850. The molecule has 0 unspecified atom stereocenters. The SMILES string of the molecule is O=P(O)(O)O.O=[PH](O)O.OP(O)(O)=S. The molecule has 0 amide bonds. The fourth-order valence-corrected chi connectivity index (χ4v) is 0. The van der Waals surface area contributed by atoms with Crippen molar-refractivity contribution >= 4 is 34.6 Å². The maximum Gasteiger partial charge on any atom is 0.466 e. The Morgan fingerprint density at radius 2 is 0.929 bits per heavy atom. The second-order valence-electron chi connectivity index (χ2n) is 1.31. The molecule has 14 heavy (non-hydrogen) atoms. The van der Waals surface area contributed by atoms with Gasteiger partial charge in [-0.3, -0.25) is 4.57 Å². The van der Waals surface area contributed by atoms with E-state index in [1.165, 1.54) is 0 Å². The standard InChI is InChI=1S/H3O4P.H3O3PS.H3O3P/c1-5(2,3)4;1-4(2,3)5;1-4(2)3/h(H3,1,2,3,4);(H3,1,2,3,5);4H,(H2,1,2,3). The van der Waals surface area contributed by atoms with Crippen molar-refractivity contribution in [3.8, 4) is 0 Å². The van der Waals surface area contributed by atoms with Crippen molar-refractivity contribution in [2.24, 2.45) is 0 Å². The second-order valence-corrected chi connectivity index (χ2v) is 5.40. The molecule has 0 spiro atoms. The van der Waals surface area contributed by atoms with Crippen molar-refractivity contribution in [2.45, 2.75) is 0 Å². The Kier molecular flexibility index (Phi) is 13.1. The first-order valence-corrected chi connectivity index (χ1v) is 7.74. The third-order valence-electron chi connectivity index (χ3n) is 0. The van der Waals surface area contributed by atoms with Gasteiger partial charge in [0.25, 0.3) is 0 Å². The van der Waals surface area contributed by atoms with Gasteiger partial charge in [-0.25, -0.2) is 4.57 Å². The molecule has 0 saturated carbocycles. The lowest BCUT2D eigenvalue weighted by atomic mass is 15.8. The number of phosphoric acid groups is 1. The molecule has 0 atom stereocenters. The van der Waals surface area contributed by atoms with Gasteiger partial charge in [0.2, 0.25) is 0 Å². The van der Waals surface area contributed by atoms with E-state index in [0.717, 1.165) is 0 Å². The van der Waals surface area contributed by atoms with Gasteiger partial charge in [-0.2, -0.15) is 0 Å². The molecule has 0 saturated heterocycles. The summed E-state index contributed by atoms with van der Waals surface area (Å²) >= 11 is 3.60. The van der Waals surface area contributed by atoms with E-state index in [0.29, 0.717) is 0 Å². The number of rotatable bonds is 0. The summed E-state index contributed by atoms with van der Waals surface area (Å²) in [6, 6.07) is 0. The summed E-state index contributed by atoms with van der Waals surface area (Å²) in [4.78, 5) is 58.6. The van der Waals surface area contributed by atoms with Crippen LogP contribution < -0.4 is 0 Å². The molecule has 8 N–H and O–H groups in total. The summed E-state index contributed by atoms with van der Waals surface area (Å²) in [7, 11) is -7.77. The second kappa shape index (κ2) is 9.05. The molecule has 0 radical (unpaired) electrons. The summed E-state index contributed by atoms with van der Waals surface area (Å²) in [5.41, 5.74) is 0. The van der Waals surface area contributed by atoms with E-state index >= 15 is 0 Å². The molecule has 0 aliphatic carbocycles. The highest BCUT2D eigenvalue weighted by atomic mass is 32.5. The van der Waals surface area contributed by atoms with Crippen LogP contribution in [0.4, 0.5) is 0 Å². The van der Waals surface area contributed by atoms with Crippen molar-refractivity contribution in [3.05, 3.63) is 0 Å². The Morgan fingerprint density at radius 3 is 0.929 bits per heavy atom. The average molecular weight is 294 g/mol. The largest absolute Gasteiger partial charge is 0.466 e. The Morgan fingerprint density at radius 1 is 0.929 bits per heavy atom. The van der Waals surface area contributed by atoms with E-state index in [2.05, 4.69) is 11.8 Å². The van der Waals surface area contributed by atoms with Crippen LogP contribution in [0.15, 0.2) is 0 Å². The lowest BCUT2D eigenvalue weighted by molar-refractivity contribution is 0.275. The molecular formula is H9O10P3S. The van der Waals surface area contributed by atoms with Crippen LogP contribution in [0, 0.1) is 0 Å². The summed E-state index contributed by atoms with van der Waals surface area (Å²) in [5.74, 6) is 0. The van der Waals surface area contributed by atoms with Gasteiger partial charge < -0.3 is 39.1 Å². The van der Waals surface area contributed by atoms with Gasteiger partial charge in [-0.05, 0) is 11.8 Å². The molecule has 0 fully saturated rings. The lowest BCUT2D eigenvalue weighted by Crippen LogP contribution is -1.66. The normalized spacial score (nSPS) is 10.9. The van der Waals surface area contributed by atoms with Gasteiger partial charge in [0, 0.05) is 0 Å². The van der Waals surface area contributed by atoms with Crippen LogP contribution in [0.25, 0.3) is 0 Å². The minimum absolute atomic E-state index is 3.13. The smallest absolute Gasteiger partial charge is 0.326 e. The molecule has 0 aliphatic rings. The van der Waals surface area contributed by atoms with E-state index in [1.54, 1.807) is 0 Å². The quantitative estimate of drug-likeness (QED) is 0.222. The minimum Gasteiger partial charge on any atom is -0.326 e. The third-order valence-corrected chi connectivity index (χ3v) is 0. The maximum absolute atomic E-state index is 8.88. The fourth-order valence-electron chi connectivity index (χ4n) is 0. The van der Waals surface area contributed by atoms with E-state index in [9.17, 15) is 0 Å². The molecule has 0 bridgehead atoms. The van der Waals surface area contributed by atoms with Crippen molar-refractivity contribution in [2.75, 3.05) is 0 Å². The molecular weight excluding hydrogens is 285 g/mol. The number of hydrogen-bond donors (Lipinski definition) is 8. The van der Waals surface area contributed by atoms with Crippen molar-refractivity contribution < 1.29 is 48.3 Å². The highest BCUT2D eigenvalue weighted by Crippen LogP contribution is 2.26. The van der Waals surface area contributed by atoms with Crippen molar-refractivity contribution in [1.29, 1.82) is 0 Å². The van der Waals surface area contributed by atoms with E-state index in [-0.39, 0.29) is 0 Å². The van der Waals surface area contributed by atoms with Gasteiger partial charge in [0.1, 0.15) is 0 Å². The van der Waals surface area contributed by atoms with Crippen LogP contribution in [0.1, 0.15) is 0 Å². The van der Waals surface area contributed by atoms with E-state index < -0.39 is 22.8 Å². The Labute approximate surface area is 83.5 Å². The summed E-state index contributed by atoms with van der Waals surface area (Å²) < 4.78 is 17.6. The molecule has 0 heterocycles. The maximum atomic E-state index is 8.88. The van der Waals surface area contributed by atoms with Gasteiger partial charge in [-0.15, -0.1) is 0 Å². The molecule has 10 nitrogen and oxygen atoms in total. The van der Waals surface area contributed by atoms with Crippen LogP contribution in [-0.4, -0.2) is 39.1 Å². The summed E-state index contributed by atoms with van der Waals surface area (Å²) in [6.07, 6.45) is 0. The molecule has 0 aromatic heterocycles. The van der Waals surface area contributed by atoms with Gasteiger partial charge in [-0.1, -0.05) is 0 Å².